The molecule has 1 N–H and O–H groups in total. The summed E-state index contributed by atoms with van der Waals surface area (Å²) in [6, 6.07) is 10.3. The molecule has 3 heteroatoms. The topological polar surface area (TPSA) is 38.3 Å². The molecule has 1 aliphatic rings. The van der Waals surface area contributed by atoms with E-state index in [1.54, 1.807) is 0 Å². The van der Waals surface area contributed by atoms with Crippen molar-refractivity contribution in [3.8, 4) is 0 Å². The normalized spacial score (nSPS) is 14.9. The molecule has 0 saturated heterocycles. The second kappa shape index (κ2) is 4.94. The molecule has 0 spiro atoms. The zero-order chi connectivity index (χ0) is 10.5. The van der Waals surface area contributed by atoms with Gasteiger partial charge >= 0.3 is 5.97 Å². The summed E-state index contributed by atoms with van der Waals surface area (Å²) in [5, 5.41) is 3.12. The molecule has 15 heavy (non-hydrogen) atoms. The molecular weight excluding hydrogens is 190 g/mol. The second-order valence-electron chi connectivity index (χ2n) is 3.80. The van der Waals surface area contributed by atoms with Gasteiger partial charge in [-0.25, -0.2) is 0 Å². The van der Waals surface area contributed by atoms with Crippen molar-refractivity contribution < 1.29 is 9.53 Å². The van der Waals surface area contributed by atoms with Gasteiger partial charge < -0.3 is 10.1 Å². The van der Waals surface area contributed by atoms with Gasteiger partial charge in [-0.2, -0.15) is 0 Å². The van der Waals surface area contributed by atoms with E-state index in [1.807, 2.05) is 30.3 Å². The first-order chi connectivity index (χ1) is 7.34. The maximum Gasteiger partial charge on any atom is 0.320 e. The van der Waals surface area contributed by atoms with E-state index < -0.39 is 0 Å². The third-order valence-corrected chi connectivity index (χ3v) is 2.36. The Labute approximate surface area is 89.4 Å². The van der Waals surface area contributed by atoms with E-state index in [4.69, 9.17) is 4.74 Å². The Morgan fingerprint density at radius 1 is 1.33 bits per heavy atom. The second-order valence-corrected chi connectivity index (χ2v) is 3.80. The van der Waals surface area contributed by atoms with Gasteiger partial charge in [-0.15, -0.1) is 0 Å². The van der Waals surface area contributed by atoms with Crippen LogP contribution in [-0.4, -0.2) is 18.6 Å². The van der Waals surface area contributed by atoms with Crippen LogP contribution in [0.1, 0.15) is 18.4 Å². The third-order valence-electron chi connectivity index (χ3n) is 2.36. The van der Waals surface area contributed by atoms with Crippen LogP contribution in [0, 0.1) is 0 Å². The van der Waals surface area contributed by atoms with Crippen LogP contribution < -0.4 is 5.32 Å². The highest BCUT2D eigenvalue weighted by atomic mass is 16.5. The van der Waals surface area contributed by atoms with Gasteiger partial charge in [0.25, 0.3) is 0 Å². The number of hydrogen-bond donors (Lipinski definition) is 1. The van der Waals surface area contributed by atoms with Crippen molar-refractivity contribution in [2.75, 3.05) is 6.54 Å². The van der Waals surface area contributed by atoms with Crippen LogP contribution in [-0.2, 0) is 16.1 Å². The Kier molecular flexibility index (Phi) is 3.35. The highest BCUT2D eigenvalue weighted by Crippen LogP contribution is 2.18. The van der Waals surface area contributed by atoms with Crippen LogP contribution in [0.25, 0.3) is 0 Å². The average molecular weight is 205 g/mol. The van der Waals surface area contributed by atoms with Crippen molar-refractivity contribution in [2.24, 2.45) is 0 Å². The van der Waals surface area contributed by atoms with Crippen LogP contribution in [0.15, 0.2) is 30.3 Å². The highest BCUT2D eigenvalue weighted by Gasteiger charge is 2.21. The molecule has 0 heterocycles. The fraction of sp³-hybridized carbons (Fsp3) is 0.417. The molecule has 1 aromatic rings. The number of nitrogens with one attached hydrogen (secondary N) is 1. The first-order valence-electron chi connectivity index (χ1n) is 5.27. The zero-order valence-electron chi connectivity index (χ0n) is 8.61. The summed E-state index contributed by atoms with van der Waals surface area (Å²) < 4.78 is 5.10. The van der Waals surface area contributed by atoms with E-state index in [0.717, 1.165) is 5.56 Å². The number of hydrogen-bond acceptors (Lipinski definition) is 3. The van der Waals surface area contributed by atoms with E-state index in [0.29, 0.717) is 19.2 Å². The standard InChI is InChI=1S/C12H15NO2/c14-12(8-13-11-6-7-11)15-9-10-4-2-1-3-5-10/h1-5,11,13H,6-9H2. The Hall–Kier alpha value is -1.35. The van der Waals surface area contributed by atoms with Crippen LogP contribution in [0.5, 0.6) is 0 Å². The van der Waals surface area contributed by atoms with Gasteiger partial charge in [0, 0.05) is 6.04 Å². The first kappa shape index (κ1) is 10.2. The van der Waals surface area contributed by atoms with Gasteiger partial charge in [-0.05, 0) is 18.4 Å². The summed E-state index contributed by atoms with van der Waals surface area (Å²) in [7, 11) is 0. The number of ether oxygens (including phenoxy) is 1. The molecule has 0 bridgehead atoms. The van der Waals surface area contributed by atoms with Crippen LogP contribution in [0.3, 0.4) is 0 Å². The molecule has 0 unspecified atom stereocenters. The number of esters is 1. The lowest BCUT2D eigenvalue weighted by molar-refractivity contribution is -0.143. The molecule has 80 valence electrons. The Morgan fingerprint density at radius 3 is 2.73 bits per heavy atom. The molecule has 1 fully saturated rings. The van der Waals surface area contributed by atoms with Gasteiger partial charge in [0.1, 0.15) is 6.61 Å². The molecule has 3 nitrogen and oxygen atoms in total. The summed E-state index contributed by atoms with van der Waals surface area (Å²) >= 11 is 0. The fourth-order valence-electron chi connectivity index (χ4n) is 1.30. The molecule has 1 aliphatic carbocycles. The van der Waals surface area contributed by atoms with Crippen LogP contribution in [0.4, 0.5) is 0 Å². The minimum absolute atomic E-state index is 0.175. The molecule has 0 atom stereocenters. The lowest BCUT2D eigenvalue weighted by Crippen LogP contribution is -2.26. The number of rotatable bonds is 5. The first-order valence-corrected chi connectivity index (χ1v) is 5.27. The molecule has 0 aliphatic heterocycles. The minimum atomic E-state index is -0.175. The largest absolute Gasteiger partial charge is 0.460 e. The van der Waals surface area contributed by atoms with E-state index in [9.17, 15) is 4.79 Å². The van der Waals surface area contributed by atoms with E-state index >= 15 is 0 Å². The van der Waals surface area contributed by atoms with E-state index in [2.05, 4.69) is 5.32 Å². The maximum absolute atomic E-state index is 11.3. The molecular formula is C12H15NO2. The highest BCUT2D eigenvalue weighted by molar-refractivity contribution is 5.71. The lowest BCUT2D eigenvalue weighted by Gasteiger charge is -2.05. The van der Waals surface area contributed by atoms with E-state index in [1.165, 1.54) is 12.8 Å². The molecule has 0 aromatic heterocycles. The van der Waals surface area contributed by atoms with Gasteiger partial charge in [-0.1, -0.05) is 30.3 Å². The Bertz CT molecular complexity index is 320. The van der Waals surface area contributed by atoms with E-state index in [-0.39, 0.29) is 5.97 Å². The van der Waals surface area contributed by atoms with Gasteiger partial charge in [0.05, 0.1) is 6.54 Å². The number of benzene rings is 1. The molecule has 1 saturated carbocycles. The summed E-state index contributed by atoms with van der Waals surface area (Å²) in [5.41, 5.74) is 1.03. The minimum Gasteiger partial charge on any atom is -0.460 e. The van der Waals surface area contributed by atoms with Crippen molar-refractivity contribution in [2.45, 2.75) is 25.5 Å². The monoisotopic (exact) mass is 205 g/mol. The van der Waals surface area contributed by atoms with Crippen molar-refractivity contribution in [1.29, 1.82) is 0 Å². The predicted octanol–water partition coefficient (Wildman–Crippen LogP) is 1.48. The Morgan fingerprint density at radius 2 is 2.07 bits per heavy atom. The van der Waals surface area contributed by atoms with Crippen molar-refractivity contribution in [3.05, 3.63) is 35.9 Å². The molecule has 0 amide bonds. The van der Waals surface area contributed by atoms with Crippen molar-refractivity contribution in [3.63, 3.8) is 0 Å². The molecule has 2 rings (SSSR count). The smallest absolute Gasteiger partial charge is 0.320 e. The summed E-state index contributed by atoms with van der Waals surface area (Å²) in [6.45, 7) is 0.698. The summed E-state index contributed by atoms with van der Waals surface area (Å²) in [6.07, 6.45) is 2.37. The SMILES string of the molecule is O=C(CNC1CC1)OCc1ccccc1. The summed E-state index contributed by atoms with van der Waals surface area (Å²) in [5.74, 6) is -0.175. The zero-order valence-corrected chi connectivity index (χ0v) is 8.61. The summed E-state index contributed by atoms with van der Waals surface area (Å²) in [4.78, 5) is 11.3. The number of carbonyl (C=O) groups is 1. The molecule has 0 radical (unpaired) electrons. The van der Waals surface area contributed by atoms with Gasteiger partial charge in [0.15, 0.2) is 0 Å². The van der Waals surface area contributed by atoms with Crippen LogP contribution >= 0.6 is 0 Å². The van der Waals surface area contributed by atoms with Crippen LogP contribution in [0.2, 0.25) is 0 Å². The quantitative estimate of drug-likeness (QED) is 0.740. The number of carbonyl (C=O) groups excluding carboxylic acids is 1. The van der Waals surface area contributed by atoms with Crippen molar-refractivity contribution >= 4 is 5.97 Å². The third kappa shape index (κ3) is 3.72. The maximum atomic E-state index is 11.3. The van der Waals surface area contributed by atoms with Gasteiger partial charge in [0.2, 0.25) is 0 Å². The average Bonchev–Trinajstić information content (AvgIpc) is 3.09. The van der Waals surface area contributed by atoms with Crippen molar-refractivity contribution in [1.82, 2.24) is 5.32 Å². The fourth-order valence-corrected chi connectivity index (χ4v) is 1.30. The van der Waals surface area contributed by atoms with Gasteiger partial charge in [-0.3, -0.25) is 4.79 Å². The predicted molar refractivity (Wildman–Crippen MR) is 57.3 cm³/mol. The molecule has 1 aromatic carbocycles. The lowest BCUT2D eigenvalue weighted by atomic mass is 10.2. The Balaban J connectivity index is 1.66.